The van der Waals surface area contributed by atoms with E-state index in [4.69, 9.17) is 9.47 Å². The zero-order valence-corrected chi connectivity index (χ0v) is 17.0. The minimum Gasteiger partial charge on any atom is -0.486 e. The summed E-state index contributed by atoms with van der Waals surface area (Å²) in [5.74, 6) is 0.720. The van der Waals surface area contributed by atoms with Gasteiger partial charge in [0, 0.05) is 11.6 Å². The van der Waals surface area contributed by atoms with E-state index in [0.717, 1.165) is 26.7 Å². The maximum absolute atomic E-state index is 12.9. The SMILES string of the molecule is COC(=O)C[C@@H](C1CC1)[C@H]1CNc2cc(NC(=O)OC(C)(C)C(F)(F)F)ccc2O1. The number of rotatable bonds is 6. The van der Waals surface area contributed by atoms with Crippen LogP contribution in [0.25, 0.3) is 0 Å². The first-order chi connectivity index (χ1) is 14.0. The number of ether oxygens (including phenoxy) is 3. The van der Waals surface area contributed by atoms with Crippen LogP contribution in [-0.4, -0.2) is 43.6 Å². The van der Waals surface area contributed by atoms with E-state index in [-0.39, 0.29) is 30.1 Å². The van der Waals surface area contributed by atoms with Crippen LogP contribution in [0.1, 0.15) is 33.1 Å². The van der Waals surface area contributed by atoms with E-state index in [1.807, 2.05) is 0 Å². The molecule has 166 valence electrons. The molecule has 1 amide bonds. The van der Waals surface area contributed by atoms with Crippen LogP contribution >= 0.6 is 0 Å². The molecule has 2 N–H and O–H groups in total. The molecule has 1 aliphatic heterocycles. The van der Waals surface area contributed by atoms with E-state index in [2.05, 4.69) is 15.4 Å². The molecule has 0 bridgehead atoms. The topological polar surface area (TPSA) is 85.9 Å². The number of benzene rings is 1. The third-order valence-electron chi connectivity index (χ3n) is 5.36. The van der Waals surface area contributed by atoms with E-state index in [1.165, 1.54) is 13.2 Å². The third kappa shape index (κ3) is 5.09. The van der Waals surface area contributed by atoms with Crippen molar-refractivity contribution in [3.05, 3.63) is 18.2 Å². The second-order valence-electron chi connectivity index (χ2n) is 8.05. The van der Waals surface area contributed by atoms with Crippen LogP contribution < -0.4 is 15.4 Å². The first-order valence-electron chi connectivity index (χ1n) is 9.68. The molecule has 2 atom stereocenters. The van der Waals surface area contributed by atoms with Crippen molar-refractivity contribution in [2.24, 2.45) is 11.8 Å². The number of fused-ring (bicyclic) bond motifs is 1. The van der Waals surface area contributed by atoms with E-state index in [0.29, 0.717) is 23.9 Å². The van der Waals surface area contributed by atoms with Crippen molar-refractivity contribution in [1.82, 2.24) is 0 Å². The summed E-state index contributed by atoms with van der Waals surface area (Å²) in [6.07, 6.45) is -3.73. The zero-order valence-electron chi connectivity index (χ0n) is 17.0. The maximum atomic E-state index is 12.9. The normalized spacial score (nSPS) is 19.6. The number of nitrogens with one attached hydrogen (secondary N) is 2. The molecule has 7 nitrogen and oxygen atoms in total. The van der Waals surface area contributed by atoms with Gasteiger partial charge in [0.05, 0.1) is 25.8 Å². The first-order valence-corrected chi connectivity index (χ1v) is 9.68. The van der Waals surface area contributed by atoms with Gasteiger partial charge in [0.2, 0.25) is 5.60 Å². The highest BCUT2D eigenvalue weighted by molar-refractivity contribution is 5.86. The number of alkyl halides is 3. The van der Waals surface area contributed by atoms with Crippen LogP contribution in [0, 0.1) is 11.8 Å². The van der Waals surface area contributed by atoms with Gasteiger partial charge < -0.3 is 19.5 Å². The molecule has 0 spiro atoms. The summed E-state index contributed by atoms with van der Waals surface area (Å²) >= 11 is 0. The molecule has 1 aromatic carbocycles. The Bertz CT molecular complexity index is 808. The van der Waals surface area contributed by atoms with Gasteiger partial charge in [0.1, 0.15) is 11.9 Å². The molecule has 10 heteroatoms. The van der Waals surface area contributed by atoms with Crippen molar-refractivity contribution in [2.45, 2.75) is 51.0 Å². The fraction of sp³-hybridized carbons (Fsp3) is 0.600. The number of methoxy groups -OCH3 is 1. The molecule has 3 rings (SSSR count). The summed E-state index contributed by atoms with van der Waals surface area (Å²) in [6.45, 7) is 2.01. The summed E-state index contributed by atoms with van der Waals surface area (Å²) < 4.78 is 53.9. The molecule has 1 fully saturated rings. The lowest BCUT2D eigenvalue weighted by Crippen LogP contribution is -2.44. The summed E-state index contributed by atoms with van der Waals surface area (Å²) in [4.78, 5) is 23.6. The van der Waals surface area contributed by atoms with Crippen LogP contribution in [0.3, 0.4) is 0 Å². The standard InChI is InChI=1S/C20H25F3N2O5/c1-19(2,20(21,22)23)30-18(27)25-12-6-7-15-14(8-12)24-10-16(29-15)13(11-4-5-11)9-17(26)28-3/h6-8,11,13,16,24H,4-5,9-10H2,1-3H3,(H,25,27)/t13-,16+/m0/s1. The average Bonchev–Trinajstić information content (AvgIpc) is 3.49. The predicted molar refractivity (Wildman–Crippen MR) is 102 cm³/mol. The second kappa shape index (κ2) is 8.23. The van der Waals surface area contributed by atoms with Crippen molar-refractivity contribution < 1.29 is 37.0 Å². The molecule has 30 heavy (non-hydrogen) atoms. The fourth-order valence-electron chi connectivity index (χ4n) is 3.34. The smallest absolute Gasteiger partial charge is 0.427 e. The van der Waals surface area contributed by atoms with Crippen molar-refractivity contribution in [3.8, 4) is 5.75 Å². The highest BCUT2D eigenvalue weighted by atomic mass is 19.4. The molecule has 1 heterocycles. The molecule has 2 aliphatic rings. The highest BCUT2D eigenvalue weighted by Crippen LogP contribution is 2.43. The van der Waals surface area contributed by atoms with Crippen molar-refractivity contribution >= 4 is 23.4 Å². The molecule has 0 aromatic heterocycles. The molecule has 0 radical (unpaired) electrons. The molecule has 1 aliphatic carbocycles. The number of hydrogen-bond donors (Lipinski definition) is 2. The number of hydrogen-bond acceptors (Lipinski definition) is 6. The van der Waals surface area contributed by atoms with E-state index < -0.39 is 17.9 Å². The maximum Gasteiger partial charge on any atom is 0.427 e. The van der Waals surface area contributed by atoms with Crippen LogP contribution in [0.2, 0.25) is 0 Å². The number of anilines is 2. The number of carbonyl (C=O) groups is 2. The van der Waals surface area contributed by atoms with Crippen LogP contribution in [0.4, 0.5) is 29.3 Å². The Morgan fingerprint density at radius 1 is 1.30 bits per heavy atom. The minimum absolute atomic E-state index is 0.0375. The van der Waals surface area contributed by atoms with E-state index in [9.17, 15) is 22.8 Å². The van der Waals surface area contributed by atoms with Gasteiger partial charge in [-0.25, -0.2) is 4.79 Å². The van der Waals surface area contributed by atoms with Crippen molar-refractivity contribution in [1.29, 1.82) is 0 Å². The molecule has 1 aromatic rings. The highest BCUT2D eigenvalue weighted by Gasteiger charge is 2.51. The van der Waals surface area contributed by atoms with Crippen LogP contribution in [0.5, 0.6) is 5.75 Å². The molecule has 0 saturated heterocycles. The molecular formula is C20H25F3N2O5. The molecular weight excluding hydrogens is 405 g/mol. The van der Waals surface area contributed by atoms with Gasteiger partial charge in [-0.1, -0.05) is 0 Å². The van der Waals surface area contributed by atoms with E-state index in [1.54, 1.807) is 12.1 Å². The Labute approximate surface area is 172 Å². The minimum atomic E-state index is -4.69. The summed E-state index contributed by atoms with van der Waals surface area (Å²) in [7, 11) is 1.36. The van der Waals surface area contributed by atoms with Crippen molar-refractivity contribution in [3.63, 3.8) is 0 Å². The van der Waals surface area contributed by atoms with Gasteiger partial charge in [-0.05, 0) is 50.8 Å². The fourth-order valence-corrected chi connectivity index (χ4v) is 3.34. The third-order valence-corrected chi connectivity index (χ3v) is 5.36. The number of carbonyl (C=O) groups excluding carboxylic acids is 2. The predicted octanol–water partition coefficient (Wildman–Crippen LogP) is 4.34. The summed E-state index contributed by atoms with van der Waals surface area (Å²) in [6, 6.07) is 4.68. The average molecular weight is 430 g/mol. The Morgan fingerprint density at radius 2 is 2.00 bits per heavy atom. The number of esters is 1. The quantitative estimate of drug-likeness (QED) is 0.653. The van der Waals surface area contributed by atoms with Crippen LogP contribution in [-0.2, 0) is 14.3 Å². The lowest BCUT2D eigenvalue weighted by Gasteiger charge is -2.33. The van der Waals surface area contributed by atoms with Gasteiger partial charge in [0.25, 0.3) is 0 Å². The first kappa shape index (κ1) is 22.0. The van der Waals surface area contributed by atoms with Gasteiger partial charge in [0.15, 0.2) is 0 Å². The number of halogens is 3. The monoisotopic (exact) mass is 430 g/mol. The molecule has 1 saturated carbocycles. The summed E-state index contributed by atoms with van der Waals surface area (Å²) in [5, 5.41) is 5.50. The Morgan fingerprint density at radius 3 is 2.60 bits per heavy atom. The Kier molecular flexibility index (Phi) is 6.05. The van der Waals surface area contributed by atoms with Gasteiger partial charge in [-0.15, -0.1) is 0 Å². The second-order valence-corrected chi connectivity index (χ2v) is 8.05. The van der Waals surface area contributed by atoms with Gasteiger partial charge >= 0.3 is 18.2 Å². The zero-order chi connectivity index (χ0) is 22.1. The summed E-state index contributed by atoms with van der Waals surface area (Å²) in [5.41, 5.74) is -1.76. The molecule has 0 unspecified atom stereocenters. The Balaban J connectivity index is 1.63. The van der Waals surface area contributed by atoms with Crippen LogP contribution in [0.15, 0.2) is 18.2 Å². The van der Waals surface area contributed by atoms with Gasteiger partial charge in [-0.2, -0.15) is 13.2 Å². The van der Waals surface area contributed by atoms with Gasteiger partial charge in [-0.3, -0.25) is 10.1 Å². The van der Waals surface area contributed by atoms with Crippen molar-refractivity contribution in [2.75, 3.05) is 24.3 Å². The number of amides is 1. The Hall–Kier alpha value is -2.65. The lowest BCUT2D eigenvalue weighted by molar-refractivity contribution is -0.242. The van der Waals surface area contributed by atoms with E-state index >= 15 is 0 Å². The lowest BCUT2D eigenvalue weighted by atomic mass is 9.92. The largest absolute Gasteiger partial charge is 0.486 e.